The number of fused-ring (bicyclic) bond motifs is 1. The summed E-state index contributed by atoms with van der Waals surface area (Å²) in [4.78, 5) is 0. The lowest BCUT2D eigenvalue weighted by Crippen LogP contribution is -2.13. The van der Waals surface area contributed by atoms with Gasteiger partial charge in [-0.25, -0.2) is 0 Å². The molecule has 1 aromatic heterocycles. The van der Waals surface area contributed by atoms with Crippen molar-refractivity contribution >= 4 is 21.4 Å². The molecular weight excluding hydrogens is 214 g/mol. The predicted octanol–water partition coefficient (Wildman–Crippen LogP) is 4.34. The maximum atomic E-state index is 6.29. The van der Waals surface area contributed by atoms with Gasteiger partial charge in [-0.15, -0.1) is 11.3 Å². The summed E-state index contributed by atoms with van der Waals surface area (Å²) in [6, 6.07) is 8.71. The second-order valence-electron chi connectivity index (χ2n) is 4.54. The summed E-state index contributed by atoms with van der Waals surface area (Å²) in [5.74, 6) is 0.702. The van der Waals surface area contributed by atoms with Crippen LogP contribution in [0.4, 0.5) is 0 Å². The molecule has 1 nitrogen and oxygen atoms in total. The van der Waals surface area contributed by atoms with Crippen molar-refractivity contribution in [2.75, 3.05) is 0 Å². The fourth-order valence-electron chi connectivity index (χ4n) is 2.01. The highest BCUT2D eigenvalue weighted by atomic mass is 32.1. The van der Waals surface area contributed by atoms with E-state index in [2.05, 4.69) is 43.5 Å². The van der Waals surface area contributed by atoms with Crippen LogP contribution in [0.2, 0.25) is 0 Å². The lowest BCUT2D eigenvalue weighted by molar-refractivity contribution is 0.463. The van der Waals surface area contributed by atoms with Gasteiger partial charge in [0.1, 0.15) is 0 Å². The molecule has 2 unspecified atom stereocenters. The minimum atomic E-state index is 0.186. The molecule has 2 aromatic rings. The number of benzene rings is 1. The molecule has 1 heterocycles. The number of nitrogens with two attached hydrogens (primary N) is 1. The molecule has 16 heavy (non-hydrogen) atoms. The Morgan fingerprint density at radius 3 is 2.81 bits per heavy atom. The normalized spacial score (nSPS) is 15.2. The molecule has 0 aliphatic rings. The minimum Gasteiger partial charge on any atom is -0.324 e. The Bertz CT molecular complexity index is 460. The second kappa shape index (κ2) is 4.98. The Balaban J connectivity index is 2.26. The predicted molar refractivity (Wildman–Crippen MR) is 72.8 cm³/mol. The largest absolute Gasteiger partial charge is 0.324 e. The van der Waals surface area contributed by atoms with Gasteiger partial charge in [0.25, 0.3) is 0 Å². The Morgan fingerprint density at radius 1 is 1.31 bits per heavy atom. The van der Waals surface area contributed by atoms with Crippen molar-refractivity contribution in [3.8, 4) is 0 Å². The quantitative estimate of drug-likeness (QED) is 0.835. The summed E-state index contributed by atoms with van der Waals surface area (Å²) < 4.78 is 1.34. The van der Waals surface area contributed by atoms with Gasteiger partial charge in [-0.3, -0.25) is 0 Å². The zero-order valence-electron chi connectivity index (χ0n) is 9.94. The van der Waals surface area contributed by atoms with Crippen molar-refractivity contribution in [3.05, 3.63) is 35.2 Å². The highest BCUT2D eigenvalue weighted by molar-refractivity contribution is 7.17. The molecule has 0 aliphatic heterocycles. The van der Waals surface area contributed by atoms with Crippen molar-refractivity contribution in [3.63, 3.8) is 0 Å². The fraction of sp³-hybridized carbons (Fsp3) is 0.429. The first-order chi connectivity index (χ1) is 7.72. The van der Waals surface area contributed by atoms with E-state index in [-0.39, 0.29) is 6.04 Å². The van der Waals surface area contributed by atoms with Crippen LogP contribution in [0, 0.1) is 5.92 Å². The highest BCUT2D eigenvalue weighted by Gasteiger charge is 2.13. The van der Waals surface area contributed by atoms with Crippen LogP contribution >= 0.6 is 11.3 Å². The van der Waals surface area contributed by atoms with E-state index in [4.69, 9.17) is 5.73 Å². The Hall–Kier alpha value is -0.860. The smallest absolute Gasteiger partial charge is 0.0346 e. The summed E-state index contributed by atoms with van der Waals surface area (Å²) in [5, 5.41) is 3.56. The van der Waals surface area contributed by atoms with Crippen LogP contribution in [0.5, 0.6) is 0 Å². The molecule has 0 aliphatic carbocycles. The Labute approximate surface area is 101 Å². The molecule has 2 N–H and O–H groups in total. The number of hydrogen-bond acceptors (Lipinski definition) is 2. The molecule has 1 aromatic carbocycles. The number of thiophene rings is 1. The molecule has 0 bridgehead atoms. The SMILES string of the molecule is CCC(C)CC(N)c1csc2ccccc12. The first-order valence-corrected chi connectivity index (χ1v) is 6.82. The van der Waals surface area contributed by atoms with E-state index in [0.717, 1.165) is 6.42 Å². The van der Waals surface area contributed by atoms with Crippen molar-refractivity contribution < 1.29 is 0 Å². The summed E-state index contributed by atoms with van der Waals surface area (Å²) in [7, 11) is 0. The van der Waals surface area contributed by atoms with E-state index in [9.17, 15) is 0 Å². The van der Waals surface area contributed by atoms with Crippen LogP contribution in [0.25, 0.3) is 10.1 Å². The molecule has 0 fully saturated rings. The average Bonchev–Trinajstić information content (AvgIpc) is 2.72. The van der Waals surface area contributed by atoms with E-state index >= 15 is 0 Å². The monoisotopic (exact) mass is 233 g/mol. The molecule has 0 amide bonds. The Morgan fingerprint density at radius 2 is 2.06 bits per heavy atom. The summed E-state index contributed by atoms with van der Waals surface area (Å²) >= 11 is 1.80. The van der Waals surface area contributed by atoms with Crippen LogP contribution in [0.15, 0.2) is 29.6 Å². The van der Waals surface area contributed by atoms with Gasteiger partial charge in [-0.2, -0.15) is 0 Å². The maximum absolute atomic E-state index is 6.29. The lowest BCUT2D eigenvalue weighted by Gasteiger charge is -2.15. The third kappa shape index (κ3) is 2.28. The van der Waals surface area contributed by atoms with Gasteiger partial charge in [0.05, 0.1) is 0 Å². The van der Waals surface area contributed by atoms with Crippen molar-refractivity contribution in [1.82, 2.24) is 0 Å². The molecule has 0 spiro atoms. The summed E-state index contributed by atoms with van der Waals surface area (Å²) in [5.41, 5.74) is 7.61. The highest BCUT2D eigenvalue weighted by Crippen LogP contribution is 2.32. The minimum absolute atomic E-state index is 0.186. The van der Waals surface area contributed by atoms with Crippen molar-refractivity contribution in [2.45, 2.75) is 32.7 Å². The third-order valence-corrected chi connectivity index (χ3v) is 4.25. The first kappa shape index (κ1) is 11.6. The molecule has 86 valence electrons. The van der Waals surface area contributed by atoms with E-state index in [1.807, 2.05) is 0 Å². The topological polar surface area (TPSA) is 26.0 Å². The van der Waals surface area contributed by atoms with E-state index in [1.54, 1.807) is 11.3 Å². The van der Waals surface area contributed by atoms with Crippen LogP contribution < -0.4 is 5.73 Å². The van der Waals surface area contributed by atoms with E-state index in [1.165, 1.54) is 22.1 Å². The van der Waals surface area contributed by atoms with Crippen molar-refractivity contribution in [2.24, 2.45) is 11.7 Å². The van der Waals surface area contributed by atoms with Crippen LogP contribution in [-0.2, 0) is 0 Å². The first-order valence-electron chi connectivity index (χ1n) is 5.94. The average molecular weight is 233 g/mol. The van der Waals surface area contributed by atoms with Gasteiger partial charge < -0.3 is 5.73 Å². The summed E-state index contributed by atoms with van der Waals surface area (Å²) in [6.45, 7) is 4.50. The van der Waals surface area contributed by atoms with Gasteiger partial charge in [-0.05, 0) is 34.7 Å². The van der Waals surface area contributed by atoms with Crippen LogP contribution in [0.1, 0.15) is 38.3 Å². The second-order valence-corrected chi connectivity index (χ2v) is 5.45. The summed E-state index contributed by atoms with van der Waals surface area (Å²) in [6.07, 6.45) is 2.28. The molecule has 0 saturated heterocycles. The zero-order chi connectivity index (χ0) is 11.5. The lowest BCUT2D eigenvalue weighted by atomic mass is 9.95. The fourth-order valence-corrected chi connectivity index (χ4v) is 3.04. The van der Waals surface area contributed by atoms with Crippen LogP contribution in [0.3, 0.4) is 0 Å². The molecule has 2 atom stereocenters. The van der Waals surface area contributed by atoms with E-state index < -0.39 is 0 Å². The van der Waals surface area contributed by atoms with E-state index in [0.29, 0.717) is 5.92 Å². The zero-order valence-corrected chi connectivity index (χ0v) is 10.8. The molecular formula is C14H19NS. The number of hydrogen-bond donors (Lipinski definition) is 1. The van der Waals surface area contributed by atoms with Gasteiger partial charge >= 0.3 is 0 Å². The molecule has 2 heteroatoms. The Kier molecular flexibility index (Phi) is 3.62. The van der Waals surface area contributed by atoms with Gasteiger partial charge in [0.2, 0.25) is 0 Å². The van der Waals surface area contributed by atoms with Gasteiger partial charge in [0.15, 0.2) is 0 Å². The number of rotatable bonds is 4. The van der Waals surface area contributed by atoms with Crippen LogP contribution in [-0.4, -0.2) is 0 Å². The molecule has 0 saturated carbocycles. The molecule has 2 rings (SSSR count). The standard InChI is InChI=1S/C14H19NS/c1-3-10(2)8-13(15)12-9-16-14-7-5-4-6-11(12)14/h4-7,9-10,13H,3,8,15H2,1-2H3. The molecule has 0 radical (unpaired) electrons. The maximum Gasteiger partial charge on any atom is 0.0346 e. The van der Waals surface area contributed by atoms with Crippen molar-refractivity contribution in [1.29, 1.82) is 0 Å². The van der Waals surface area contributed by atoms with Gasteiger partial charge in [-0.1, -0.05) is 38.5 Å². The third-order valence-electron chi connectivity index (χ3n) is 3.26. The van der Waals surface area contributed by atoms with Gasteiger partial charge in [0, 0.05) is 10.7 Å².